The number of carbonyl (C=O) groups excluding carboxylic acids is 1. The number of hydrogen-bond donors (Lipinski definition) is 0. The number of nitrogens with zero attached hydrogens (tertiary/aromatic N) is 2. The third-order valence-corrected chi connectivity index (χ3v) is 1.83. The van der Waals surface area contributed by atoms with Crippen molar-refractivity contribution in [1.82, 2.24) is 0 Å². The minimum Gasteiger partial charge on any atom is -0.298 e. The quantitative estimate of drug-likeness (QED) is 0.402. The molecule has 0 heterocycles. The second-order valence-electron chi connectivity index (χ2n) is 2.71. The fourth-order valence-electron chi connectivity index (χ4n) is 1.08. The summed E-state index contributed by atoms with van der Waals surface area (Å²) >= 11 is 0. The molecule has 0 aliphatic heterocycles. The highest BCUT2D eigenvalue weighted by Gasteiger charge is 2.15. The molecule has 0 aliphatic carbocycles. The zero-order valence-corrected chi connectivity index (χ0v) is 7.35. The monoisotopic (exact) mass is 190 g/mol. The van der Waals surface area contributed by atoms with Crippen LogP contribution in [0.25, 0.3) is 0 Å². The van der Waals surface area contributed by atoms with Crippen LogP contribution in [0.5, 0.6) is 0 Å². The van der Waals surface area contributed by atoms with Gasteiger partial charge in [0.2, 0.25) is 0 Å². The number of carbonyl (C=O) groups is 1. The number of aryl methyl sites for hydroxylation is 1. The van der Waals surface area contributed by atoms with Gasteiger partial charge in [-0.1, -0.05) is 0 Å². The molecule has 0 saturated heterocycles. The van der Waals surface area contributed by atoms with Gasteiger partial charge in [0, 0.05) is 11.6 Å². The molecule has 70 valence electrons. The van der Waals surface area contributed by atoms with Crippen molar-refractivity contribution in [3.63, 3.8) is 0 Å². The maximum atomic E-state index is 10.5. The molecule has 1 rings (SSSR count). The van der Waals surface area contributed by atoms with Crippen LogP contribution in [0.3, 0.4) is 0 Å². The van der Waals surface area contributed by atoms with Gasteiger partial charge < -0.3 is 0 Å². The van der Waals surface area contributed by atoms with E-state index in [0.717, 1.165) is 0 Å². The lowest BCUT2D eigenvalue weighted by Crippen LogP contribution is -1.96. The molecule has 14 heavy (non-hydrogen) atoms. The summed E-state index contributed by atoms with van der Waals surface area (Å²) < 4.78 is 0. The topological polar surface area (TPSA) is 84.0 Å². The highest BCUT2D eigenvalue weighted by atomic mass is 16.6. The van der Waals surface area contributed by atoms with E-state index in [4.69, 9.17) is 5.26 Å². The second-order valence-corrected chi connectivity index (χ2v) is 2.71. The minimum absolute atomic E-state index is 0.0947. The van der Waals surface area contributed by atoms with Gasteiger partial charge in [-0.25, -0.2) is 0 Å². The zero-order chi connectivity index (χ0) is 10.7. The molecule has 0 fully saturated rings. The molecular formula is C9H6N2O3. The Morgan fingerprint density at radius 2 is 2.21 bits per heavy atom. The Labute approximate surface area is 79.7 Å². The predicted molar refractivity (Wildman–Crippen MR) is 47.9 cm³/mol. The number of nitro benzene ring substituents is 1. The lowest BCUT2D eigenvalue weighted by molar-refractivity contribution is -0.385. The molecular weight excluding hydrogens is 184 g/mol. The lowest BCUT2D eigenvalue weighted by Gasteiger charge is -1.99. The largest absolute Gasteiger partial charge is 0.298 e. The van der Waals surface area contributed by atoms with E-state index in [1.54, 1.807) is 13.0 Å². The van der Waals surface area contributed by atoms with Gasteiger partial charge in [-0.15, -0.1) is 0 Å². The smallest absolute Gasteiger partial charge is 0.287 e. The fourth-order valence-corrected chi connectivity index (χ4v) is 1.08. The van der Waals surface area contributed by atoms with Crippen molar-refractivity contribution < 1.29 is 9.72 Å². The Morgan fingerprint density at radius 3 is 2.64 bits per heavy atom. The molecule has 0 unspecified atom stereocenters. The fraction of sp³-hybridized carbons (Fsp3) is 0.111. The Balaban J connectivity index is 3.48. The summed E-state index contributed by atoms with van der Waals surface area (Å²) in [4.78, 5) is 20.4. The van der Waals surface area contributed by atoms with Crippen LogP contribution in [0.15, 0.2) is 12.1 Å². The molecule has 0 aromatic heterocycles. The van der Waals surface area contributed by atoms with E-state index >= 15 is 0 Å². The van der Waals surface area contributed by atoms with Gasteiger partial charge in [0.1, 0.15) is 17.9 Å². The lowest BCUT2D eigenvalue weighted by atomic mass is 10.0. The molecule has 1 aromatic carbocycles. The van der Waals surface area contributed by atoms with E-state index in [0.29, 0.717) is 17.4 Å². The SMILES string of the molecule is Cc1cc([N+](=O)[O-])c(C#N)cc1C=O. The first-order valence-corrected chi connectivity index (χ1v) is 3.74. The van der Waals surface area contributed by atoms with E-state index < -0.39 is 4.92 Å². The van der Waals surface area contributed by atoms with E-state index in [1.807, 2.05) is 0 Å². The van der Waals surface area contributed by atoms with Crippen molar-refractivity contribution in [3.05, 3.63) is 38.9 Å². The standard InChI is InChI=1S/C9H6N2O3/c1-6-2-9(11(13)14)7(4-10)3-8(6)5-12/h2-3,5H,1H3. The van der Waals surface area contributed by atoms with Crippen LogP contribution in [-0.2, 0) is 0 Å². The summed E-state index contributed by atoms with van der Waals surface area (Å²) in [5, 5.41) is 19.1. The highest BCUT2D eigenvalue weighted by molar-refractivity contribution is 5.79. The Morgan fingerprint density at radius 1 is 1.57 bits per heavy atom. The van der Waals surface area contributed by atoms with Crippen molar-refractivity contribution in [3.8, 4) is 6.07 Å². The third kappa shape index (κ3) is 1.59. The van der Waals surface area contributed by atoms with Gasteiger partial charge in [0.25, 0.3) is 5.69 Å². The molecule has 0 atom stereocenters. The van der Waals surface area contributed by atoms with Crippen LogP contribution in [0.2, 0.25) is 0 Å². The van der Waals surface area contributed by atoms with E-state index in [9.17, 15) is 14.9 Å². The molecule has 0 spiro atoms. The van der Waals surface area contributed by atoms with Crippen LogP contribution in [0.4, 0.5) is 5.69 Å². The molecule has 5 nitrogen and oxygen atoms in total. The van der Waals surface area contributed by atoms with Gasteiger partial charge in [-0.2, -0.15) is 5.26 Å². The first kappa shape index (κ1) is 9.86. The van der Waals surface area contributed by atoms with E-state index in [-0.39, 0.29) is 11.3 Å². The number of benzene rings is 1. The highest BCUT2D eigenvalue weighted by Crippen LogP contribution is 2.21. The molecule has 0 aliphatic rings. The summed E-state index contributed by atoms with van der Waals surface area (Å²) in [6.45, 7) is 1.58. The zero-order valence-electron chi connectivity index (χ0n) is 7.35. The normalized spacial score (nSPS) is 9.14. The maximum Gasteiger partial charge on any atom is 0.287 e. The van der Waals surface area contributed by atoms with Crippen molar-refractivity contribution in [1.29, 1.82) is 5.26 Å². The summed E-state index contributed by atoms with van der Waals surface area (Å²) in [6, 6.07) is 4.13. The van der Waals surface area contributed by atoms with Crippen molar-refractivity contribution in [2.24, 2.45) is 0 Å². The Kier molecular flexibility index (Phi) is 2.58. The summed E-state index contributed by atoms with van der Waals surface area (Å²) in [5.74, 6) is 0. The Hall–Kier alpha value is -2.22. The summed E-state index contributed by atoms with van der Waals surface area (Å²) in [6.07, 6.45) is 0.569. The number of hydrogen-bond acceptors (Lipinski definition) is 4. The van der Waals surface area contributed by atoms with E-state index in [1.165, 1.54) is 12.1 Å². The van der Waals surface area contributed by atoms with Crippen molar-refractivity contribution in [2.75, 3.05) is 0 Å². The number of nitro groups is 1. The van der Waals surface area contributed by atoms with Crippen LogP contribution in [-0.4, -0.2) is 11.2 Å². The van der Waals surface area contributed by atoms with Crippen LogP contribution < -0.4 is 0 Å². The van der Waals surface area contributed by atoms with Gasteiger partial charge in [-0.05, 0) is 18.6 Å². The van der Waals surface area contributed by atoms with Crippen molar-refractivity contribution in [2.45, 2.75) is 6.92 Å². The van der Waals surface area contributed by atoms with Crippen LogP contribution in [0, 0.1) is 28.4 Å². The maximum absolute atomic E-state index is 10.5. The molecule has 0 bridgehead atoms. The number of aldehydes is 1. The molecule has 1 aromatic rings. The van der Waals surface area contributed by atoms with Crippen LogP contribution in [0.1, 0.15) is 21.5 Å². The molecule has 0 amide bonds. The summed E-state index contributed by atoms with van der Waals surface area (Å²) in [7, 11) is 0. The third-order valence-electron chi connectivity index (χ3n) is 1.83. The van der Waals surface area contributed by atoms with Crippen LogP contribution >= 0.6 is 0 Å². The minimum atomic E-state index is -0.639. The van der Waals surface area contributed by atoms with Gasteiger partial charge in [-0.3, -0.25) is 14.9 Å². The molecule has 0 radical (unpaired) electrons. The molecule has 0 saturated carbocycles. The average Bonchev–Trinajstić information content (AvgIpc) is 2.17. The second kappa shape index (κ2) is 3.66. The Bertz CT molecular complexity index is 446. The summed E-state index contributed by atoms with van der Waals surface area (Å²) in [5.41, 5.74) is 0.427. The van der Waals surface area contributed by atoms with Gasteiger partial charge in [0.15, 0.2) is 0 Å². The number of rotatable bonds is 2. The number of nitriles is 1. The van der Waals surface area contributed by atoms with Gasteiger partial charge >= 0.3 is 0 Å². The first-order valence-electron chi connectivity index (χ1n) is 3.74. The van der Waals surface area contributed by atoms with Crippen molar-refractivity contribution >= 4 is 12.0 Å². The van der Waals surface area contributed by atoms with E-state index in [2.05, 4.69) is 0 Å². The molecule has 0 N–H and O–H groups in total. The predicted octanol–water partition coefficient (Wildman–Crippen LogP) is 1.59. The molecule has 5 heteroatoms. The van der Waals surface area contributed by atoms with Gasteiger partial charge in [0.05, 0.1) is 4.92 Å². The first-order chi connectivity index (χ1) is 6.60. The average molecular weight is 190 g/mol.